The lowest BCUT2D eigenvalue weighted by Gasteiger charge is -2.51. The second kappa shape index (κ2) is 34.0. The first-order valence-electron chi connectivity index (χ1n) is 32.9. The van der Waals surface area contributed by atoms with Gasteiger partial charge in [-0.1, -0.05) is 43.6 Å². The largest absolute Gasteiger partial charge is 0.456 e. The van der Waals surface area contributed by atoms with E-state index < -0.39 is 266 Å². The number of aliphatic hydroxyl groups is 19. The number of fused-ring (bicyclic) bond motifs is 1. The zero-order valence-corrected chi connectivity index (χ0v) is 55.3. The molecule has 25 rings (SSSR count). The monoisotopic (exact) mass is 1460 g/mol. The van der Waals surface area contributed by atoms with E-state index in [4.69, 9.17) is 73.2 Å². The van der Waals surface area contributed by atoms with Crippen molar-refractivity contribution in [2.45, 2.75) is 262 Å². The van der Waals surface area contributed by atoms with Crippen LogP contribution < -0.4 is 0 Å². The Morgan fingerprint density at radius 3 is 1.29 bits per heavy atom. The van der Waals surface area contributed by atoms with Crippen molar-refractivity contribution in [1.29, 1.82) is 0 Å². The third kappa shape index (κ3) is 16.5. The van der Waals surface area contributed by atoms with Crippen LogP contribution in [0.15, 0.2) is 24.3 Å². The third-order valence-electron chi connectivity index (χ3n) is 19.8. The van der Waals surface area contributed by atoms with Crippen LogP contribution in [0.4, 0.5) is 0 Å². The molecule has 36 heteroatoms. The molecular formula is C63H91ClO34S. The average molecular weight is 1460 g/mol. The maximum Gasteiger partial charge on any atom is 0.306 e. The summed E-state index contributed by atoms with van der Waals surface area (Å²) in [6, 6.07) is 7.73. The summed E-state index contributed by atoms with van der Waals surface area (Å²) in [5.41, 5.74) is -1.11. The van der Waals surface area contributed by atoms with Gasteiger partial charge < -0.3 is 159 Å². The third-order valence-corrected chi connectivity index (χ3v) is 21.6. The maximum atomic E-state index is 14.0. The average Bonchev–Trinajstić information content (AvgIpc) is 1.52. The molecule has 0 amide bonds. The van der Waals surface area contributed by atoms with Crippen molar-refractivity contribution in [2.24, 2.45) is 17.3 Å². The van der Waals surface area contributed by atoms with Gasteiger partial charge in [0, 0.05) is 45.6 Å². The summed E-state index contributed by atoms with van der Waals surface area (Å²) in [5, 5.41) is 215. The Kier molecular flexibility index (Phi) is 27.0. The lowest BCUT2D eigenvalue weighted by Crippen LogP contribution is -2.69. The molecule has 19 N–H and O–H groups in total. The van der Waals surface area contributed by atoms with Gasteiger partial charge in [-0.2, -0.15) is 0 Å². The summed E-state index contributed by atoms with van der Waals surface area (Å²) in [4.78, 5) is 28.7. The van der Waals surface area contributed by atoms with Gasteiger partial charge in [-0.05, 0) is 44.1 Å². The van der Waals surface area contributed by atoms with Crippen LogP contribution in [0, 0.1) is 29.1 Å². The van der Waals surface area contributed by atoms with Gasteiger partial charge in [-0.25, -0.2) is 0 Å². The molecule has 1 aromatic carbocycles. The number of Topliss-reactive ketones (excluding diaryl/α,β-unsaturated/α-hetero) is 1. The molecule has 12 bridgehead atoms. The highest BCUT2D eigenvalue weighted by atomic mass is 35.5. The van der Waals surface area contributed by atoms with Crippen molar-refractivity contribution in [3.05, 3.63) is 34.2 Å². The first kappa shape index (κ1) is 78.5. The molecule has 34 unspecified atom stereocenters. The number of unbranched alkanes of at least 4 members (excludes halogenated alkanes) is 1. The minimum absolute atomic E-state index is 0.0133. The standard InChI is InChI=1S/C63H91ClO34S/c1-63(2)55(84)24(25(56(63)85)15-13-23(71)14-16-34-36(64)26-10-7-8-11-33(26)99-34)9-5-3-4-6-12-35(72)92-54-47(83)62-91-32(22-70)53(54)98-61-46(82)41(77)51(30(20-68)90-61)96-59-44(80)39(75)49(28(18-66)88-59)94-57-42(78)37(73)48(27(17-65)86-57)93-58-43(79)38(74)50(29(19-67)87-58)95-60-45(81)40(76)52(97-62)31(21-69)89-60/h7-8,10-11,23-25,27-32,37-54,56-62,65-71,73-83,85H,4,6,9,12-22H2,1-2H3. The second-order valence-corrected chi connectivity index (χ2v) is 28.1. The Balaban J connectivity index is 0.863. The Labute approximate surface area is 575 Å². The number of aliphatic hydroxyl groups excluding tert-OH is 19. The predicted molar refractivity (Wildman–Crippen MR) is 328 cm³/mol. The van der Waals surface area contributed by atoms with Gasteiger partial charge in [0.2, 0.25) is 0 Å². The molecule has 23 heterocycles. The summed E-state index contributed by atoms with van der Waals surface area (Å²) < 4.78 is 76.8. The number of ketones is 1. The summed E-state index contributed by atoms with van der Waals surface area (Å²) in [7, 11) is 0. The zero-order chi connectivity index (χ0) is 71.6. The maximum absolute atomic E-state index is 14.0. The number of esters is 1. The number of halogens is 1. The van der Waals surface area contributed by atoms with E-state index in [1.54, 1.807) is 25.2 Å². The molecule has 560 valence electrons. The van der Waals surface area contributed by atoms with Crippen LogP contribution in [0.5, 0.6) is 0 Å². The Morgan fingerprint density at radius 1 is 0.525 bits per heavy atom. The van der Waals surface area contributed by atoms with Gasteiger partial charge >= 0.3 is 5.97 Å². The van der Waals surface area contributed by atoms with Crippen molar-refractivity contribution < 1.29 is 168 Å². The van der Waals surface area contributed by atoms with Crippen LogP contribution in [-0.4, -0.2) is 345 Å². The normalized spacial score (nSPS) is 44.7. The van der Waals surface area contributed by atoms with E-state index in [1.165, 1.54) is 0 Å². The van der Waals surface area contributed by atoms with Crippen molar-refractivity contribution in [3.8, 4) is 11.8 Å². The highest BCUT2D eigenvalue weighted by Crippen LogP contribution is 2.47. The lowest BCUT2D eigenvalue weighted by molar-refractivity contribution is -0.404. The van der Waals surface area contributed by atoms with Gasteiger partial charge in [0.1, 0.15) is 146 Å². The fourth-order valence-electron chi connectivity index (χ4n) is 14.1. The van der Waals surface area contributed by atoms with Crippen LogP contribution in [0.3, 0.4) is 0 Å². The van der Waals surface area contributed by atoms with Gasteiger partial charge in [0.25, 0.3) is 0 Å². The molecule has 1 saturated carbocycles. The van der Waals surface area contributed by atoms with Gasteiger partial charge in [-0.15, -0.1) is 23.2 Å². The van der Waals surface area contributed by atoms with E-state index in [0.29, 0.717) is 30.7 Å². The molecule has 22 aliphatic heterocycles. The predicted octanol–water partition coefficient (Wildman–Crippen LogP) is -7.10. The molecule has 23 fully saturated rings. The molecule has 34 atom stereocenters. The van der Waals surface area contributed by atoms with Gasteiger partial charge in [-0.3, -0.25) is 9.59 Å². The zero-order valence-electron chi connectivity index (χ0n) is 53.7. The SMILES string of the molecule is CC1(C)C(=O)C(CC#CCCCC(=O)OC2C(O)C3OC(CO)C2OC2OC(CO)C(OC4OC(CO)C(OC5OC(CO)C(OC6OC(CO)C(OC7OC(CO)C(O3)C(O)C7O)C(O)C6O)C(O)C5O)C(O)C4O)C(O)C2O)C(CCC(O)CCc2sc3ccccc3c2Cl)C1O. The molecule has 99 heavy (non-hydrogen) atoms. The molecule has 22 saturated heterocycles. The number of aryl methyl sites for hydroxylation is 1. The highest BCUT2D eigenvalue weighted by molar-refractivity contribution is 7.19. The molecule has 0 spiro atoms. The number of hydrogen-bond donors (Lipinski definition) is 19. The molecule has 1 aliphatic carbocycles. The van der Waals surface area contributed by atoms with Crippen LogP contribution in [0.1, 0.15) is 63.7 Å². The van der Waals surface area contributed by atoms with Crippen molar-refractivity contribution in [3.63, 3.8) is 0 Å². The molecule has 34 nitrogen and oxygen atoms in total. The first-order chi connectivity index (χ1) is 47.2. The minimum atomic E-state index is -2.27. The minimum Gasteiger partial charge on any atom is -0.456 e. The highest BCUT2D eigenvalue weighted by Gasteiger charge is 2.60. The van der Waals surface area contributed by atoms with Crippen molar-refractivity contribution in [1.82, 2.24) is 0 Å². The van der Waals surface area contributed by atoms with Crippen LogP contribution in [0.2, 0.25) is 5.02 Å². The molecule has 0 radical (unpaired) electrons. The number of ether oxygens (including phenoxy) is 13. The smallest absolute Gasteiger partial charge is 0.306 e. The van der Waals surface area contributed by atoms with E-state index in [2.05, 4.69) is 11.8 Å². The van der Waals surface area contributed by atoms with E-state index in [-0.39, 0.29) is 25.0 Å². The number of benzene rings is 1. The fourth-order valence-corrected chi connectivity index (χ4v) is 15.6. The van der Waals surface area contributed by atoms with Gasteiger partial charge in [0.05, 0.1) is 56.9 Å². The van der Waals surface area contributed by atoms with Crippen molar-refractivity contribution in [2.75, 3.05) is 39.6 Å². The van der Waals surface area contributed by atoms with Crippen LogP contribution in [0.25, 0.3) is 10.1 Å². The molecule has 2 aromatic rings. The van der Waals surface area contributed by atoms with Gasteiger partial charge in [0.15, 0.2) is 43.8 Å². The first-order valence-corrected chi connectivity index (χ1v) is 34.1. The molecule has 1 aromatic heterocycles. The summed E-state index contributed by atoms with van der Waals surface area (Å²) in [5.74, 6) is 3.45. The number of carbonyl (C=O) groups is 2. The van der Waals surface area contributed by atoms with E-state index >= 15 is 0 Å². The Morgan fingerprint density at radius 2 is 0.899 bits per heavy atom. The van der Waals surface area contributed by atoms with E-state index in [1.807, 2.05) is 24.3 Å². The Bertz CT molecular complexity index is 3000. The number of thiophene rings is 1. The quantitative estimate of drug-likeness (QED) is 0.0397. The second-order valence-electron chi connectivity index (χ2n) is 26.6. The Hall–Kier alpha value is -3.07. The van der Waals surface area contributed by atoms with Crippen LogP contribution >= 0.6 is 22.9 Å². The number of carbonyl (C=O) groups excluding carboxylic acids is 2. The summed E-state index contributed by atoms with van der Waals surface area (Å²) in [6.07, 6.45) is -61.6. The van der Waals surface area contributed by atoms with Crippen molar-refractivity contribution >= 4 is 44.8 Å². The fraction of sp³-hybridized carbons (Fsp3) is 0.810. The number of rotatable bonds is 17. The van der Waals surface area contributed by atoms with E-state index in [9.17, 15) is 107 Å². The summed E-state index contributed by atoms with van der Waals surface area (Å²) in [6.45, 7) is -3.08. The topological polar surface area (TPSA) is 539 Å². The van der Waals surface area contributed by atoms with E-state index in [0.717, 1.165) is 15.0 Å². The summed E-state index contributed by atoms with van der Waals surface area (Å²) >= 11 is 8.20. The number of hydrogen-bond acceptors (Lipinski definition) is 35. The van der Waals surface area contributed by atoms with Crippen LogP contribution in [-0.2, 0) is 77.6 Å². The molecular weight excluding hydrogens is 1370 g/mol. The molecule has 23 aliphatic rings. The lowest BCUT2D eigenvalue weighted by atomic mass is 9.85.